The molecule has 0 aliphatic heterocycles. The van der Waals surface area contributed by atoms with Crippen LogP contribution in [0.5, 0.6) is 0 Å². The summed E-state index contributed by atoms with van der Waals surface area (Å²) < 4.78 is 0. The van der Waals surface area contributed by atoms with Gasteiger partial charge >= 0.3 is 0 Å². The molecule has 0 aliphatic rings. The van der Waals surface area contributed by atoms with Crippen LogP contribution in [-0.4, -0.2) is 22.2 Å². The Morgan fingerprint density at radius 2 is 1.72 bits per heavy atom. The summed E-state index contributed by atoms with van der Waals surface area (Å²) in [7, 11) is 0. The van der Waals surface area contributed by atoms with Crippen molar-refractivity contribution in [1.29, 1.82) is 0 Å². The first kappa shape index (κ1) is 15.0. The number of carbonyl (C=O) groups excluding carboxylic acids is 1. The first-order valence-electron chi connectivity index (χ1n) is 5.88. The molecule has 1 aromatic carbocycles. The maximum Gasteiger partial charge on any atom is 0.243 e. The van der Waals surface area contributed by atoms with Crippen molar-refractivity contribution in [2.75, 3.05) is 0 Å². The van der Waals surface area contributed by atoms with E-state index < -0.39 is 16.5 Å². The summed E-state index contributed by atoms with van der Waals surface area (Å²) in [5.41, 5.74) is -1.05. The van der Waals surface area contributed by atoms with Gasteiger partial charge in [-0.3, -0.25) is 4.79 Å². The highest BCUT2D eigenvalue weighted by Gasteiger charge is 2.37. The number of rotatable bonds is 4. The zero-order chi connectivity index (χ0) is 14.0. The molecule has 0 radical (unpaired) electrons. The lowest BCUT2D eigenvalue weighted by atomic mass is 9.86. The molecule has 18 heavy (non-hydrogen) atoms. The van der Waals surface area contributed by atoms with Gasteiger partial charge in [-0.2, -0.15) is 0 Å². The van der Waals surface area contributed by atoms with Crippen molar-refractivity contribution in [3.8, 4) is 0 Å². The Hall–Kier alpha value is -1.06. The number of aliphatic hydroxyl groups is 1. The van der Waals surface area contributed by atoms with Crippen molar-refractivity contribution in [3.63, 3.8) is 0 Å². The maximum atomic E-state index is 12.1. The molecule has 0 bridgehead atoms. The number of alkyl halides is 1. The third-order valence-electron chi connectivity index (χ3n) is 3.29. The lowest BCUT2D eigenvalue weighted by Crippen LogP contribution is -2.58. The first-order valence-corrected chi connectivity index (χ1v) is 6.32. The lowest BCUT2D eigenvalue weighted by molar-refractivity contribution is -0.125. The van der Waals surface area contributed by atoms with E-state index >= 15 is 0 Å². The maximum absolute atomic E-state index is 12.1. The minimum absolute atomic E-state index is 0.310. The molecule has 2 N–H and O–H groups in total. The molecule has 3 nitrogen and oxygen atoms in total. The molecule has 100 valence electrons. The normalized spacial score (nSPS) is 14.1. The summed E-state index contributed by atoms with van der Waals surface area (Å²) in [6.07, 6.45) is 0. The van der Waals surface area contributed by atoms with E-state index in [1.165, 1.54) is 0 Å². The highest BCUT2D eigenvalue weighted by Crippen LogP contribution is 2.25. The van der Waals surface area contributed by atoms with E-state index in [-0.39, 0.29) is 5.91 Å². The summed E-state index contributed by atoms with van der Waals surface area (Å²) in [5.74, 6) is -0.310. The second-order valence-electron chi connectivity index (χ2n) is 5.45. The predicted octanol–water partition coefficient (Wildman–Crippen LogP) is 2.63. The quantitative estimate of drug-likeness (QED) is 0.826. The summed E-state index contributed by atoms with van der Waals surface area (Å²) >= 11 is 6.12. The number of hydrogen-bond acceptors (Lipinski definition) is 2. The monoisotopic (exact) mass is 269 g/mol. The van der Waals surface area contributed by atoms with Crippen molar-refractivity contribution in [2.45, 2.75) is 44.2 Å². The highest BCUT2D eigenvalue weighted by atomic mass is 35.5. The molecule has 0 aliphatic carbocycles. The molecule has 0 saturated heterocycles. The fourth-order valence-corrected chi connectivity index (χ4v) is 1.50. The van der Waals surface area contributed by atoms with Crippen molar-refractivity contribution < 1.29 is 9.90 Å². The second-order valence-corrected chi connectivity index (χ2v) is 5.88. The van der Waals surface area contributed by atoms with Crippen LogP contribution in [0.3, 0.4) is 0 Å². The van der Waals surface area contributed by atoms with Crippen molar-refractivity contribution in [3.05, 3.63) is 35.9 Å². The number of amides is 1. The Bertz CT molecular complexity index is 410. The van der Waals surface area contributed by atoms with Crippen molar-refractivity contribution in [2.24, 2.45) is 0 Å². The third-order valence-corrected chi connectivity index (χ3v) is 3.74. The number of halogens is 1. The average molecular weight is 270 g/mol. The van der Waals surface area contributed by atoms with E-state index in [1.807, 2.05) is 18.2 Å². The van der Waals surface area contributed by atoms with Gasteiger partial charge in [0.05, 0.1) is 11.1 Å². The SMILES string of the molecule is CC(C)(O)C(C)(C)NC(=O)C(Cl)c1ccccc1. The molecule has 1 aromatic rings. The van der Waals surface area contributed by atoms with E-state index in [1.54, 1.807) is 39.8 Å². The molecule has 0 heterocycles. The van der Waals surface area contributed by atoms with Crippen LogP contribution >= 0.6 is 11.6 Å². The number of hydrogen-bond donors (Lipinski definition) is 2. The summed E-state index contributed by atoms with van der Waals surface area (Å²) in [5, 5.41) is 12.0. The minimum Gasteiger partial charge on any atom is -0.388 e. The Kier molecular flexibility index (Phi) is 4.41. The van der Waals surface area contributed by atoms with E-state index in [9.17, 15) is 9.90 Å². The molecule has 4 heteroatoms. The fraction of sp³-hybridized carbons (Fsp3) is 0.500. The number of benzene rings is 1. The van der Waals surface area contributed by atoms with Crippen molar-refractivity contribution >= 4 is 17.5 Å². The van der Waals surface area contributed by atoms with Gasteiger partial charge in [0.2, 0.25) is 5.91 Å². The first-order chi connectivity index (χ1) is 8.15. The standard InChI is InChI=1S/C14H20ClNO2/c1-13(2,14(3,4)18)16-12(17)11(15)10-8-6-5-7-9-10/h5-9,11,18H,1-4H3,(H,16,17). The number of carbonyl (C=O) groups is 1. The van der Waals surface area contributed by atoms with Crippen LogP contribution in [0.25, 0.3) is 0 Å². The Balaban J connectivity index is 2.78. The van der Waals surface area contributed by atoms with Crippen LogP contribution in [0.1, 0.15) is 38.6 Å². The molecular weight excluding hydrogens is 250 g/mol. The summed E-state index contributed by atoms with van der Waals surface area (Å²) in [6, 6.07) is 9.13. The topological polar surface area (TPSA) is 49.3 Å². The number of nitrogens with one attached hydrogen (secondary N) is 1. The van der Waals surface area contributed by atoms with Gasteiger partial charge in [-0.1, -0.05) is 30.3 Å². The Labute approximate surface area is 113 Å². The van der Waals surface area contributed by atoms with Gasteiger partial charge in [-0.15, -0.1) is 11.6 Å². The van der Waals surface area contributed by atoms with E-state index in [2.05, 4.69) is 5.32 Å². The molecule has 0 aromatic heterocycles. The van der Waals surface area contributed by atoms with Gasteiger partial charge in [0, 0.05) is 0 Å². The molecule has 1 atom stereocenters. The highest BCUT2D eigenvalue weighted by molar-refractivity contribution is 6.30. The molecule has 1 unspecified atom stereocenters. The zero-order valence-electron chi connectivity index (χ0n) is 11.2. The zero-order valence-corrected chi connectivity index (χ0v) is 12.0. The Morgan fingerprint density at radius 1 is 1.22 bits per heavy atom. The largest absolute Gasteiger partial charge is 0.388 e. The predicted molar refractivity (Wildman–Crippen MR) is 73.6 cm³/mol. The van der Waals surface area contributed by atoms with Gasteiger partial charge in [-0.25, -0.2) is 0 Å². The second kappa shape index (κ2) is 5.29. The van der Waals surface area contributed by atoms with Crippen LogP contribution in [0.2, 0.25) is 0 Å². The van der Waals surface area contributed by atoms with E-state index in [0.29, 0.717) is 0 Å². The van der Waals surface area contributed by atoms with Crippen LogP contribution in [0.4, 0.5) is 0 Å². The summed E-state index contributed by atoms with van der Waals surface area (Å²) in [6.45, 7) is 6.83. The summed E-state index contributed by atoms with van der Waals surface area (Å²) in [4.78, 5) is 12.1. The van der Waals surface area contributed by atoms with Crippen molar-refractivity contribution in [1.82, 2.24) is 5.32 Å². The molecule has 1 rings (SSSR count). The lowest BCUT2D eigenvalue weighted by Gasteiger charge is -2.38. The molecule has 0 saturated carbocycles. The molecular formula is C14H20ClNO2. The van der Waals surface area contributed by atoms with Gasteiger partial charge in [-0.05, 0) is 33.3 Å². The van der Waals surface area contributed by atoms with E-state index in [4.69, 9.17) is 11.6 Å². The average Bonchev–Trinajstić information content (AvgIpc) is 2.27. The molecule has 0 fully saturated rings. The van der Waals surface area contributed by atoms with Crippen LogP contribution < -0.4 is 5.32 Å². The smallest absolute Gasteiger partial charge is 0.243 e. The molecule has 1 amide bonds. The van der Waals surface area contributed by atoms with Gasteiger partial charge in [0.25, 0.3) is 0 Å². The van der Waals surface area contributed by atoms with Gasteiger partial charge in [0.15, 0.2) is 0 Å². The fourth-order valence-electron chi connectivity index (χ4n) is 1.30. The molecule has 0 spiro atoms. The third kappa shape index (κ3) is 3.47. The van der Waals surface area contributed by atoms with Crippen LogP contribution in [0, 0.1) is 0 Å². The van der Waals surface area contributed by atoms with E-state index in [0.717, 1.165) is 5.56 Å². The van der Waals surface area contributed by atoms with Crippen LogP contribution in [0.15, 0.2) is 30.3 Å². The minimum atomic E-state index is -1.03. The Morgan fingerprint density at radius 3 is 2.17 bits per heavy atom. The van der Waals surface area contributed by atoms with Gasteiger partial charge in [0.1, 0.15) is 5.38 Å². The van der Waals surface area contributed by atoms with Gasteiger partial charge < -0.3 is 10.4 Å². The van der Waals surface area contributed by atoms with Crippen LogP contribution in [-0.2, 0) is 4.79 Å².